The lowest BCUT2D eigenvalue weighted by molar-refractivity contribution is 0.302. The van der Waals surface area contributed by atoms with Crippen LogP contribution in [0.2, 0.25) is 0 Å². The number of unbranched alkanes of at least 4 members (excludes halogenated alkanes) is 4. The molecule has 1 aliphatic carbocycles. The van der Waals surface area contributed by atoms with Crippen LogP contribution in [0.25, 0.3) is 11.1 Å². The highest BCUT2D eigenvalue weighted by atomic mass is 14.3. The summed E-state index contributed by atoms with van der Waals surface area (Å²) in [6.07, 6.45) is 14.0. The topological polar surface area (TPSA) is 23.8 Å². The Morgan fingerprint density at radius 3 is 2.26 bits per heavy atom. The van der Waals surface area contributed by atoms with Crippen LogP contribution in [0.15, 0.2) is 48.5 Å². The predicted molar refractivity (Wildman–Crippen MR) is 115 cm³/mol. The third-order valence-electron chi connectivity index (χ3n) is 6.30. The van der Waals surface area contributed by atoms with Gasteiger partial charge < -0.3 is 0 Å². The Balaban J connectivity index is 1.51. The fourth-order valence-electron chi connectivity index (χ4n) is 4.59. The summed E-state index contributed by atoms with van der Waals surface area (Å²) in [6.45, 7) is 2.29. The molecule has 0 amide bonds. The average molecular weight is 360 g/mol. The third kappa shape index (κ3) is 5.46. The van der Waals surface area contributed by atoms with Crippen molar-refractivity contribution in [2.24, 2.45) is 5.92 Å². The second-order valence-corrected chi connectivity index (χ2v) is 8.20. The number of nitriles is 1. The fraction of sp³-hybridized carbons (Fsp3) is 0.500. The fourth-order valence-corrected chi connectivity index (χ4v) is 4.59. The van der Waals surface area contributed by atoms with Gasteiger partial charge in [-0.1, -0.05) is 87.9 Å². The molecule has 1 nitrogen and oxygen atoms in total. The SMILES string of the molecule is CCCCCCC[C@H]1CC[C@H](c2ccc(-c3ccccc3C#N)cc2)CC1. The molecule has 27 heavy (non-hydrogen) atoms. The molecule has 0 aromatic heterocycles. The monoisotopic (exact) mass is 359 g/mol. The van der Waals surface area contributed by atoms with E-state index in [0.717, 1.165) is 28.5 Å². The molecule has 2 aromatic carbocycles. The molecule has 0 radical (unpaired) electrons. The van der Waals surface area contributed by atoms with E-state index in [1.165, 1.54) is 69.8 Å². The minimum absolute atomic E-state index is 0.724. The van der Waals surface area contributed by atoms with Crippen molar-refractivity contribution in [3.05, 3.63) is 59.7 Å². The summed E-state index contributed by atoms with van der Waals surface area (Å²) in [6, 6.07) is 19.2. The van der Waals surface area contributed by atoms with Crippen molar-refractivity contribution in [3.63, 3.8) is 0 Å². The van der Waals surface area contributed by atoms with Gasteiger partial charge >= 0.3 is 0 Å². The lowest BCUT2D eigenvalue weighted by atomic mass is 9.77. The zero-order chi connectivity index (χ0) is 18.9. The lowest BCUT2D eigenvalue weighted by Crippen LogP contribution is -2.13. The smallest absolute Gasteiger partial charge is 0.0998 e. The third-order valence-corrected chi connectivity index (χ3v) is 6.30. The maximum atomic E-state index is 9.32. The van der Waals surface area contributed by atoms with E-state index < -0.39 is 0 Å². The largest absolute Gasteiger partial charge is 0.192 e. The zero-order valence-electron chi connectivity index (χ0n) is 16.8. The first-order valence-electron chi connectivity index (χ1n) is 10.9. The van der Waals surface area contributed by atoms with Crippen LogP contribution in [-0.2, 0) is 0 Å². The molecule has 1 aliphatic rings. The summed E-state index contributed by atoms with van der Waals surface area (Å²) in [4.78, 5) is 0. The van der Waals surface area contributed by atoms with Gasteiger partial charge in [0.05, 0.1) is 11.6 Å². The van der Waals surface area contributed by atoms with E-state index in [1.54, 1.807) is 0 Å². The first-order valence-corrected chi connectivity index (χ1v) is 10.9. The van der Waals surface area contributed by atoms with Gasteiger partial charge in [0.1, 0.15) is 0 Å². The van der Waals surface area contributed by atoms with Gasteiger partial charge in [0.15, 0.2) is 0 Å². The molecule has 1 fully saturated rings. The van der Waals surface area contributed by atoms with Crippen molar-refractivity contribution < 1.29 is 0 Å². The predicted octanol–water partition coefficient (Wildman–Crippen LogP) is 7.86. The minimum atomic E-state index is 0.724. The average Bonchev–Trinajstić information content (AvgIpc) is 2.74. The Labute approximate surface area is 165 Å². The quantitative estimate of drug-likeness (QED) is 0.440. The Kier molecular flexibility index (Phi) is 7.52. The summed E-state index contributed by atoms with van der Waals surface area (Å²) >= 11 is 0. The lowest BCUT2D eigenvalue weighted by Gasteiger charge is -2.29. The van der Waals surface area contributed by atoms with Gasteiger partial charge in [0.2, 0.25) is 0 Å². The van der Waals surface area contributed by atoms with Crippen molar-refractivity contribution in [1.29, 1.82) is 5.26 Å². The van der Waals surface area contributed by atoms with Gasteiger partial charge in [-0.15, -0.1) is 0 Å². The number of benzene rings is 2. The van der Waals surface area contributed by atoms with Crippen molar-refractivity contribution in [1.82, 2.24) is 0 Å². The molecule has 142 valence electrons. The highest BCUT2D eigenvalue weighted by Crippen LogP contribution is 2.38. The summed E-state index contributed by atoms with van der Waals surface area (Å²) in [7, 11) is 0. The summed E-state index contributed by atoms with van der Waals surface area (Å²) in [5, 5.41) is 9.32. The summed E-state index contributed by atoms with van der Waals surface area (Å²) < 4.78 is 0. The van der Waals surface area contributed by atoms with Gasteiger partial charge in [-0.3, -0.25) is 0 Å². The van der Waals surface area contributed by atoms with E-state index in [2.05, 4.69) is 37.3 Å². The van der Waals surface area contributed by atoms with Crippen molar-refractivity contribution in [3.8, 4) is 17.2 Å². The van der Waals surface area contributed by atoms with Crippen molar-refractivity contribution in [2.75, 3.05) is 0 Å². The highest BCUT2D eigenvalue weighted by molar-refractivity contribution is 5.70. The molecule has 3 rings (SSSR count). The first-order chi connectivity index (χ1) is 13.3. The van der Waals surface area contributed by atoms with Crippen LogP contribution in [0.5, 0.6) is 0 Å². The van der Waals surface area contributed by atoms with E-state index in [0.29, 0.717) is 0 Å². The summed E-state index contributed by atoms with van der Waals surface area (Å²) in [5.74, 6) is 1.69. The molecule has 1 saturated carbocycles. The van der Waals surface area contributed by atoms with E-state index in [4.69, 9.17) is 0 Å². The summed E-state index contributed by atoms with van der Waals surface area (Å²) in [5.41, 5.74) is 4.43. The van der Waals surface area contributed by atoms with E-state index >= 15 is 0 Å². The van der Waals surface area contributed by atoms with Crippen LogP contribution in [0, 0.1) is 17.2 Å². The highest BCUT2D eigenvalue weighted by Gasteiger charge is 2.22. The molecule has 2 aromatic rings. The maximum Gasteiger partial charge on any atom is 0.0998 e. The molecule has 0 atom stereocenters. The van der Waals surface area contributed by atoms with E-state index in [1.807, 2.05) is 24.3 Å². The molecule has 0 spiro atoms. The minimum Gasteiger partial charge on any atom is -0.192 e. The molecule has 1 heteroatoms. The van der Waals surface area contributed by atoms with Crippen LogP contribution in [0.3, 0.4) is 0 Å². The molecule has 0 heterocycles. The molecule has 0 N–H and O–H groups in total. The van der Waals surface area contributed by atoms with Crippen molar-refractivity contribution >= 4 is 0 Å². The standard InChI is InChI=1S/C26H33N/c1-2-3-4-5-6-9-21-12-14-22(15-13-21)23-16-18-24(19-17-23)26-11-8-7-10-25(26)20-27/h7-8,10-11,16-19,21-22H,2-6,9,12-15H2,1H3/t21-,22-. The molecule has 0 aliphatic heterocycles. The van der Waals surface area contributed by atoms with Crippen LogP contribution in [0.1, 0.15) is 88.2 Å². The normalized spacial score (nSPS) is 19.6. The number of nitrogens with zero attached hydrogens (tertiary/aromatic N) is 1. The Bertz CT molecular complexity index is 730. The zero-order valence-corrected chi connectivity index (χ0v) is 16.8. The second kappa shape index (κ2) is 10.3. The van der Waals surface area contributed by atoms with Gasteiger partial charge in [-0.25, -0.2) is 0 Å². The van der Waals surface area contributed by atoms with Crippen LogP contribution in [-0.4, -0.2) is 0 Å². The number of rotatable bonds is 8. The maximum absolute atomic E-state index is 9.32. The first kappa shape index (κ1) is 19.7. The van der Waals surface area contributed by atoms with E-state index in [9.17, 15) is 5.26 Å². The molecule has 0 unspecified atom stereocenters. The molecular weight excluding hydrogens is 326 g/mol. The van der Waals surface area contributed by atoms with Gasteiger partial charge in [0.25, 0.3) is 0 Å². The molecule has 0 saturated heterocycles. The Morgan fingerprint density at radius 2 is 1.56 bits per heavy atom. The van der Waals surface area contributed by atoms with E-state index in [-0.39, 0.29) is 0 Å². The van der Waals surface area contributed by atoms with Gasteiger partial charge in [-0.05, 0) is 60.3 Å². The van der Waals surface area contributed by atoms with Crippen molar-refractivity contribution in [2.45, 2.75) is 77.0 Å². The molecular formula is C26H33N. The van der Waals surface area contributed by atoms with Crippen LogP contribution >= 0.6 is 0 Å². The number of hydrogen-bond acceptors (Lipinski definition) is 1. The Morgan fingerprint density at radius 1 is 0.852 bits per heavy atom. The van der Waals surface area contributed by atoms with Crippen LogP contribution < -0.4 is 0 Å². The number of hydrogen-bond donors (Lipinski definition) is 0. The second-order valence-electron chi connectivity index (χ2n) is 8.20. The van der Waals surface area contributed by atoms with Crippen LogP contribution in [0.4, 0.5) is 0 Å². The van der Waals surface area contributed by atoms with Gasteiger partial charge in [0, 0.05) is 0 Å². The van der Waals surface area contributed by atoms with Gasteiger partial charge in [-0.2, -0.15) is 5.26 Å². The Hall–Kier alpha value is -2.07. The molecule has 0 bridgehead atoms.